The van der Waals surface area contributed by atoms with Gasteiger partial charge in [-0.05, 0) is 112 Å². The Kier molecular flexibility index (Phi) is 11.5. The maximum Gasteiger partial charge on any atom is 0.324 e. The maximum atomic E-state index is 12.0. The first-order valence-electron chi connectivity index (χ1n) is 17.6. The molecular formula is C41H45ClN4O5. The van der Waals surface area contributed by atoms with Gasteiger partial charge >= 0.3 is 5.97 Å². The first-order valence-corrected chi connectivity index (χ1v) is 18.0. The van der Waals surface area contributed by atoms with E-state index in [1.165, 1.54) is 32.1 Å². The zero-order chi connectivity index (χ0) is 36.0. The van der Waals surface area contributed by atoms with Crippen molar-refractivity contribution in [2.75, 3.05) is 33.3 Å². The van der Waals surface area contributed by atoms with Crippen LogP contribution >= 0.6 is 11.6 Å². The van der Waals surface area contributed by atoms with Gasteiger partial charge in [-0.25, -0.2) is 0 Å². The second kappa shape index (κ2) is 16.2. The second-order valence-corrected chi connectivity index (χ2v) is 14.0. The molecule has 0 bridgehead atoms. The minimum Gasteiger partial charge on any atom is -0.493 e. The van der Waals surface area contributed by atoms with Gasteiger partial charge in [0.2, 0.25) is 0 Å². The van der Waals surface area contributed by atoms with Crippen LogP contribution in [0.4, 0.5) is 0 Å². The van der Waals surface area contributed by atoms with Gasteiger partial charge in [0.1, 0.15) is 42.1 Å². The Hall–Kier alpha value is -4.62. The Morgan fingerprint density at radius 2 is 1.67 bits per heavy atom. The molecule has 0 spiro atoms. The summed E-state index contributed by atoms with van der Waals surface area (Å²) < 4.78 is 18.9. The molecule has 4 aromatic rings. The van der Waals surface area contributed by atoms with Crippen LogP contribution in [-0.4, -0.2) is 64.7 Å². The summed E-state index contributed by atoms with van der Waals surface area (Å²) in [7, 11) is 1.80. The van der Waals surface area contributed by atoms with Crippen LogP contribution in [0.5, 0.6) is 17.2 Å². The number of nitriles is 1. The van der Waals surface area contributed by atoms with Crippen molar-refractivity contribution < 1.29 is 24.1 Å². The number of pyridine rings is 1. The van der Waals surface area contributed by atoms with Gasteiger partial charge in [0, 0.05) is 42.7 Å². The lowest BCUT2D eigenvalue weighted by molar-refractivity contribution is -0.144. The number of aliphatic carboxylic acids is 1. The highest BCUT2D eigenvalue weighted by Crippen LogP contribution is 2.43. The summed E-state index contributed by atoms with van der Waals surface area (Å²) in [5.41, 5.74) is 6.49. The number of halogens is 1. The third kappa shape index (κ3) is 8.48. The highest BCUT2D eigenvalue weighted by molar-refractivity contribution is 6.32. The molecule has 51 heavy (non-hydrogen) atoms. The molecule has 1 aliphatic heterocycles. The smallest absolute Gasteiger partial charge is 0.324 e. The number of benzene rings is 3. The van der Waals surface area contributed by atoms with Crippen LogP contribution in [0.1, 0.15) is 65.5 Å². The molecule has 1 aliphatic carbocycles. The third-order valence-electron chi connectivity index (χ3n) is 10.2. The topological polar surface area (TPSA) is 108 Å². The lowest BCUT2D eigenvalue weighted by Gasteiger charge is -2.26. The Bertz CT molecular complexity index is 1910. The molecule has 2 aliphatic rings. The summed E-state index contributed by atoms with van der Waals surface area (Å²) in [5.74, 6) is 1.04. The number of likely N-dealkylation sites (N-methyl/N-ethyl adjacent to an activating group) is 1. The lowest BCUT2D eigenvalue weighted by atomic mass is 9.93. The van der Waals surface area contributed by atoms with Crippen LogP contribution < -0.4 is 14.2 Å². The zero-order valence-corrected chi connectivity index (χ0v) is 30.3. The van der Waals surface area contributed by atoms with E-state index in [-0.39, 0.29) is 13.2 Å². The molecule has 1 saturated carbocycles. The molecular weight excluding hydrogens is 664 g/mol. The largest absolute Gasteiger partial charge is 0.493 e. The molecule has 1 aromatic heterocycles. The van der Waals surface area contributed by atoms with Crippen molar-refractivity contribution in [1.29, 1.82) is 5.26 Å². The average molecular weight is 709 g/mol. The van der Waals surface area contributed by atoms with Crippen molar-refractivity contribution in [2.24, 2.45) is 0 Å². The minimum atomic E-state index is -0.885. The molecule has 3 aromatic carbocycles. The van der Waals surface area contributed by atoms with E-state index in [2.05, 4.69) is 54.1 Å². The van der Waals surface area contributed by atoms with Crippen molar-refractivity contribution in [3.05, 3.63) is 105 Å². The van der Waals surface area contributed by atoms with Crippen LogP contribution in [-0.2, 0) is 24.6 Å². The van der Waals surface area contributed by atoms with Crippen molar-refractivity contribution in [2.45, 2.75) is 71.2 Å². The van der Waals surface area contributed by atoms with Crippen molar-refractivity contribution >= 4 is 17.6 Å². The van der Waals surface area contributed by atoms with Gasteiger partial charge in [-0.3, -0.25) is 14.7 Å². The van der Waals surface area contributed by atoms with Gasteiger partial charge in [-0.2, -0.15) is 5.26 Å². The van der Waals surface area contributed by atoms with E-state index in [0.29, 0.717) is 48.1 Å². The van der Waals surface area contributed by atoms with Crippen LogP contribution in [0.25, 0.3) is 11.1 Å². The van der Waals surface area contributed by atoms with E-state index in [0.717, 1.165) is 57.7 Å². The number of aromatic nitrogens is 1. The molecule has 10 heteroatoms. The van der Waals surface area contributed by atoms with Crippen LogP contribution in [0.2, 0.25) is 5.02 Å². The summed E-state index contributed by atoms with van der Waals surface area (Å²) >= 11 is 6.82. The number of rotatable bonds is 16. The highest BCUT2D eigenvalue weighted by atomic mass is 35.5. The van der Waals surface area contributed by atoms with E-state index in [1.807, 2.05) is 17.0 Å². The number of ether oxygens (including phenoxy) is 3. The number of likely N-dealkylation sites (tertiary alicyclic amines) is 1. The molecule has 0 atom stereocenters. The predicted octanol–water partition coefficient (Wildman–Crippen LogP) is 7.96. The summed E-state index contributed by atoms with van der Waals surface area (Å²) in [6.07, 6.45) is 7.94. The van der Waals surface area contributed by atoms with Gasteiger partial charge in [-0.1, -0.05) is 41.9 Å². The van der Waals surface area contributed by atoms with E-state index >= 15 is 0 Å². The van der Waals surface area contributed by atoms with E-state index in [9.17, 15) is 15.2 Å². The normalized spacial score (nSPS) is 15.1. The van der Waals surface area contributed by atoms with Crippen molar-refractivity contribution in [3.63, 3.8) is 0 Å². The van der Waals surface area contributed by atoms with Gasteiger partial charge in [0.15, 0.2) is 0 Å². The van der Waals surface area contributed by atoms with Crippen LogP contribution in [0.3, 0.4) is 0 Å². The third-order valence-corrected chi connectivity index (χ3v) is 10.5. The highest BCUT2D eigenvalue weighted by Gasteiger charge is 2.53. The summed E-state index contributed by atoms with van der Waals surface area (Å²) in [4.78, 5) is 20.5. The van der Waals surface area contributed by atoms with E-state index in [4.69, 9.17) is 25.8 Å². The average Bonchev–Trinajstić information content (AvgIpc) is 3.80. The monoisotopic (exact) mass is 708 g/mol. The fourth-order valence-electron chi connectivity index (χ4n) is 6.84. The van der Waals surface area contributed by atoms with E-state index in [1.54, 1.807) is 31.4 Å². The summed E-state index contributed by atoms with van der Waals surface area (Å²) in [5, 5.41) is 19.6. The molecule has 0 amide bonds. The molecule has 9 nitrogen and oxygen atoms in total. The number of nitrogens with zero attached hydrogens (tertiary/aromatic N) is 4. The van der Waals surface area contributed by atoms with Gasteiger partial charge in [0.05, 0.1) is 17.2 Å². The Labute approximate surface area is 305 Å². The van der Waals surface area contributed by atoms with Crippen LogP contribution in [0.15, 0.2) is 67.0 Å². The molecule has 0 radical (unpaired) electrons. The first-order chi connectivity index (χ1) is 24.7. The molecule has 2 fully saturated rings. The minimum absolute atomic E-state index is 0.159. The quantitative estimate of drug-likeness (QED) is 0.116. The SMILES string of the molecule is Cc1c(COc2cc(OCc3cncc(C#N)c3)c(CN(C)C3(C(=O)O)CC3)cc2Cl)cccc1-c1cccc(OCCCN2CCCC2)c1C. The summed E-state index contributed by atoms with van der Waals surface area (Å²) in [6.45, 7) is 9.14. The Balaban J connectivity index is 1.19. The lowest BCUT2D eigenvalue weighted by Crippen LogP contribution is -2.40. The predicted molar refractivity (Wildman–Crippen MR) is 197 cm³/mol. The van der Waals surface area contributed by atoms with Gasteiger partial charge in [-0.15, -0.1) is 0 Å². The fourth-order valence-corrected chi connectivity index (χ4v) is 7.08. The Morgan fingerprint density at radius 3 is 2.39 bits per heavy atom. The number of carbonyl (C=O) groups is 1. The number of hydrogen-bond donors (Lipinski definition) is 1. The molecule has 6 rings (SSSR count). The zero-order valence-electron chi connectivity index (χ0n) is 29.6. The molecule has 1 N–H and O–H groups in total. The molecule has 0 unspecified atom stereocenters. The first kappa shape index (κ1) is 36.2. The number of hydrogen-bond acceptors (Lipinski definition) is 8. The maximum absolute atomic E-state index is 12.0. The molecule has 2 heterocycles. The van der Waals surface area contributed by atoms with Gasteiger partial charge in [0.25, 0.3) is 0 Å². The standard InChI is InChI=1S/C41H45ClN4O5/c1-28-32(9-6-10-34(28)35-11-7-12-37(29(35)2)49-18-8-17-46-15-4-5-16-46)27-51-39-21-38(50-26-31-19-30(22-43)23-44-24-31)33(20-36(39)42)25-45(3)41(13-14-41)40(47)48/h6-7,9-12,19-21,23-24H,4-5,8,13-18,25-27H2,1-3H3,(H,47,48). The molecule has 1 saturated heterocycles. The number of carboxylic acid groups (broad SMARTS) is 1. The van der Waals surface area contributed by atoms with Crippen molar-refractivity contribution in [1.82, 2.24) is 14.8 Å². The fraction of sp³-hybridized carbons (Fsp3) is 0.390. The van der Waals surface area contributed by atoms with E-state index < -0.39 is 11.5 Å². The van der Waals surface area contributed by atoms with Crippen molar-refractivity contribution in [3.8, 4) is 34.4 Å². The second-order valence-electron chi connectivity index (χ2n) is 13.6. The van der Waals surface area contributed by atoms with Crippen LogP contribution in [0, 0.1) is 25.2 Å². The Morgan fingerprint density at radius 1 is 0.941 bits per heavy atom. The summed E-state index contributed by atoms with van der Waals surface area (Å²) in [6, 6.07) is 19.8. The number of carboxylic acids is 1. The molecule has 266 valence electrons. The van der Waals surface area contributed by atoms with Gasteiger partial charge < -0.3 is 24.2 Å².